The van der Waals surface area contributed by atoms with Crippen LogP contribution in [0.5, 0.6) is 0 Å². The lowest BCUT2D eigenvalue weighted by atomic mass is 10.0. The van der Waals surface area contributed by atoms with Crippen molar-refractivity contribution in [1.82, 2.24) is 9.88 Å². The topological polar surface area (TPSA) is 16.1 Å². The van der Waals surface area contributed by atoms with Gasteiger partial charge in [0.25, 0.3) is 0 Å². The van der Waals surface area contributed by atoms with Gasteiger partial charge in [-0.1, -0.05) is 13.0 Å². The first kappa shape index (κ1) is 12.5. The molecule has 0 fully saturated rings. The van der Waals surface area contributed by atoms with Crippen molar-refractivity contribution in [2.24, 2.45) is 0 Å². The van der Waals surface area contributed by atoms with E-state index in [9.17, 15) is 0 Å². The molecule has 1 aromatic carbocycles. The molecule has 0 amide bonds. The Morgan fingerprint density at radius 3 is 2.76 bits per heavy atom. The molecule has 1 heterocycles. The Morgan fingerprint density at radius 2 is 2.12 bits per heavy atom. The highest BCUT2D eigenvalue weighted by molar-refractivity contribution is 7.18. The lowest BCUT2D eigenvalue weighted by molar-refractivity contribution is 0.284. The van der Waals surface area contributed by atoms with Crippen LogP contribution in [0.2, 0.25) is 0 Å². The van der Waals surface area contributed by atoms with Gasteiger partial charge in [-0.05, 0) is 51.6 Å². The maximum atomic E-state index is 4.50. The summed E-state index contributed by atoms with van der Waals surface area (Å²) in [7, 11) is 4.31. The van der Waals surface area contributed by atoms with Crippen LogP contribution in [0, 0.1) is 6.92 Å². The Bertz CT molecular complexity index is 502. The van der Waals surface area contributed by atoms with E-state index in [4.69, 9.17) is 0 Å². The van der Waals surface area contributed by atoms with E-state index < -0.39 is 0 Å². The molecule has 0 spiro atoms. The van der Waals surface area contributed by atoms with Gasteiger partial charge in [-0.3, -0.25) is 0 Å². The summed E-state index contributed by atoms with van der Waals surface area (Å²) in [4.78, 5) is 6.80. The highest BCUT2D eigenvalue weighted by Gasteiger charge is 2.10. The fourth-order valence-corrected chi connectivity index (χ4v) is 3.07. The third-order valence-electron chi connectivity index (χ3n) is 3.23. The van der Waals surface area contributed by atoms with Crippen molar-refractivity contribution < 1.29 is 0 Å². The van der Waals surface area contributed by atoms with Gasteiger partial charge in [0.2, 0.25) is 0 Å². The van der Waals surface area contributed by atoms with Crippen LogP contribution >= 0.6 is 11.3 Å². The van der Waals surface area contributed by atoms with Crippen LogP contribution in [-0.2, 0) is 6.42 Å². The summed E-state index contributed by atoms with van der Waals surface area (Å²) in [5, 5.41) is 1.15. The molecule has 92 valence electrons. The van der Waals surface area contributed by atoms with Crippen molar-refractivity contribution in [3.63, 3.8) is 0 Å². The van der Waals surface area contributed by atoms with E-state index in [1.54, 1.807) is 11.3 Å². The van der Waals surface area contributed by atoms with Gasteiger partial charge >= 0.3 is 0 Å². The number of hydrogen-bond acceptors (Lipinski definition) is 3. The van der Waals surface area contributed by atoms with Gasteiger partial charge in [-0.25, -0.2) is 4.98 Å². The standard InChI is InChI=1S/C14H20N2S/c1-5-12(16(3)4)8-11-6-7-13-14(9-11)17-10(2)15-13/h6-7,9,12H,5,8H2,1-4H3. The van der Waals surface area contributed by atoms with E-state index in [1.807, 2.05) is 0 Å². The normalized spacial score (nSPS) is 13.5. The van der Waals surface area contributed by atoms with Crippen LogP contribution < -0.4 is 0 Å². The minimum atomic E-state index is 0.626. The second-order valence-corrected chi connectivity index (χ2v) is 6.00. The highest BCUT2D eigenvalue weighted by Crippen LogP contribution is 2.23. The lowest BCUT2D eigenvalue weighted by Crippen LogP contribution is -2.29. The number of thiazole rings is 1. The van der Waals surface area contributed by atoms with Crippen molar-refractivity contribution in [3.05, 3.63) is 28.8 Å². The Labute approximate surface area is 107 Å². The van der Waals surface area contributed by atoms with E-state index >= 15 is 0 Å². The third kappa shape index (κ3) is 2.85. The van der Waals surface area contributed by atoms with Gasteiger partial charge in [0.15, 0.2) is 0 Å². The van der Waals surface area contributed by atoms with Crippen molar-refractivity contribution in [2.45, 2.75) is 32.7 Å². The minimum absolute atomic E-state index is 0.626. The molecule has 2 rings (SSSR count). The van der Waals surface area contributed by atoms with Gasteiger partial charge in [0, 0.05) is 6.04 Å². The average molecular weight is 248 g/mol. The smallest absolute Gasteiger partial charge is 0.0907 e. The summed E-state index contributed by atoms with van der Waals surface area (Å²) in [5.74, 6) is 0. The molecule has 0 saturated carbocycles. The Kier molecular flexibility index (Phi) is 3.79. The summed E-state index contributed by atoms with van der Waals surface area (Å²) in [6.45, 7) is 4.32. The van der Waals surface area contributed by atoms with E-state index in [2.05, 4.69) is 56.0 Å². The number of aromatic nitrogens is 1. The fourth-order valence-electron chi connectivity index (χ4n) is 2.18. The quantitative estimate of drug-likeness (QED) is 0.823. The number of fused-ring (bicyclic) bond motifs is 1. The zero-order valence-corrected chi connectivity index (χ0v) is 11.8. The van der Waals surface area contributed by atoms with E-state index in [-0.39, 0.29) is 0 Å². The zero-order chi connectivity index (χ0) is 12.4. The second kappa shape index (κ2) is 5.15. The highest BCUT2D eigenvalue weighted by atomic mass is 32.1. The van der Waals surface area contributed by atoms with Crippen LogP contribution in [0.4, 0.5) is 0 Å². The summed E-state index contributed by atoms with van der Waals surface area (Å²) in [6, 6.07) is 7.29. The fraction of sp³-hybridized carbons (Fsp3) is 0.500. The lowest BCUT2D eigenvalue weighted by Gasteiger charge is -2.22. The summed E-state index contributed by atoms with van der Waals surface area (Å²) < 4.78 is 1.31. The summed E-state index contributed by atoms with van der Waals surface area (Å²) in [5.41, 5.74) is 2.55. The number of aryl methyl sites for hydroxylation is 1. The van der Waals surface area contributed by atoms with Crippen LogP contribution in [0.1, 0.15) is 23.9 Å². The first-order valence-corrected chi connectivity index (χ1v) is 6.94. The van der Waals surface area contributed by atoms with Gasteiger partial charge < -0.3 is 4.90 Å². The predicted molar refractivity (Wildman–Crippen MR) is 75.8 cm³/mol. The van der Waals surface area contributed by atoms with Crippen molar-refractivity contribution in [1.29, 1.82) is 0 Å². The predicted octanol–water partition coefficient (Wildman–Crippen LogP) is 3.49. The minimum Gasteiger partial charge on any atom is -0.306 e. The molecule has 0 saturated heterocycles. The maximum absolute atomic E-state index is 4.50. The Morgan fingerprint density at radius 1 is 1.35 bits per heavy atom. The molecule has 3 heteroatoms. The molecule has 0 aliphatic rings. The Hall–Kier alpha value is -0.930. The van der Waals surface area contributed by atoms with E-state index in [0.29, 0.717) is 6.04 Å². The molecule has 0 aliphatic carbocycles. The summed E-state index contributed by atoms with van der Waals surface area (Å²) >= 11 is 1.78. The van der Waals surface area contributed by atoms with E-state index in [0.717, 1.165) is 16.9 Å². The number of hydrogen-bond donors (Lipinski definition) is 0. The molecule has 0 radical (unpaired) electrons. The van der Waals surface area contributed by atoms with Crippen LogP contribution in [0.15, 0.2) is 18.2 Å². The Balaban J connectivity index is 2.23. The van der Waals surface area contributed by atoms with E-state index in [1.165, 1.54) is 16.7 Å². The second-order valence-electron chi connectivity index (χ2n) is 4.76. The van der Waals surface area contributed by atoms with Gasteiger partial charge in [-0.15, -0.1) is 11.3 Å². The van der Waals surface area contributed by atoms with Crippen molar-refractivity contribution in [2.75, 3.05) is 14.1 Å². The van der Waals surface area contributed by atoms with Crippen LogP contribution in [0.3, 0.4) is 0 Å². The molecule has 0 bridgehead atoms. The molecular weight excluding hydrogens is 228 g/mol. The van der Waals surface area contributed by atoms with Gasteiger partial charge in [0.05, 0.1) is 15.2 Å². The number of benzene rings is 1. The molecular formula is C14H20N2S. The van der Waals surface area contributed by atoms with Crippen molar-refractivity contribution in [3.8, 4) is 0 Å². The van der Waals surface area contributed by atoms with Gasteiger partial charge in [0.1, 0.15) is 0 Å². The largest absolute Gasteiger partial charge is 0.306 e. The molecule has 0 aliphatic heterocycles. The molecule has 2 nitrogen and oxygen atoms in total. The molecule has 1 atom stereocenters. The number of rotatable bonds is 4. The molecule has 0 N–H and O–H groups in total. The molecule has 1 unspecified atom stereocenters. The molecule has 2 aromatic rings. The molecule has 1 aromatic heterocycles. The molecule has 17 heavy (non-hydrogen) atoms. The third-order valence-corrected chi connectivity index (χ3v) is 4.17. The van der Waals surface area contributed by atoms with Crippen molar-refractivity contribution >= 4 is 21.6 Å². The van der Waals surface area contributed by atoms with Gasteiger partial charge in [-0.2, -0.15) is 0 Å². The first-order valence-electron chi connectivity index (χ1n) is 6.12. The average Bonchev–Trinajstić information content (AvgIpc) is 2.64. The zero-order valence-electron chi connectivity index (χ0n) is 11.0. The first-order chi connectivity index (χ1) is 8.10. The van der Waals surface area contributed by atoms with Crippen LogP contribution in [0.25, 0.3) is 10.2 Å². The maximum Gasteiger partial charge on any atom is 0.0907 e. The number of nitrogens with zero attached hydrogens (tertiary/aromatic N) is 2. The monoisotopic (exact) mass is 248 g/mol. The summed E-state index contributed by atoms with van der Waals surface area (Å²) in [6.07, 6.45) is 2.31. The SMILES string of the molecule is CCC(Cc1ccc2nc(C)sc2c1)N(C)C. The number of likely N-dealkylation sites (N-methyl/N-ethyl adjacent to an activating group) is 1. The van der Waals surface area contributed by atoms with Crippen LogP contribution in [-0.4, -0.2) is 30.0 Å².